The standard InChI is InChI=1S/C7H12N2/c1-6-2-3-9-7(4-6)5-8/h5-6,8H,2-4H2,1H3. The molecule has 1 aliphatic heterocycles. The number of aliphatic imine (C=N–C) groups is 1. The van der Waals surface area contributed by atoms with Gasteiger partial charge in [0.05, 0.1) is 5.71 Å². The zero-order valence-electron chi connectivity index (χ0n) is 5.72. The van der Waals surface area contributed by atoms with Gasteiger partial charge in [-0.05, 0) is 18.8 Å². The molecule has 2 heteroatoms. The molecule has 0 spiro atoms. The maximum absolute atomic E-state index is 6.93. The lowest BCUT2D eigenvalue weighted by Gasteiger charge is -2.14. The van der Waals surface area contributed by atoms with Crippen molar-refractivity contribution < 1.29 is 0 Å². The lowest BCUT2D eigenvalue weighted by molar-refractivity contribution is 0.544. The summed E-state index contributed by atoms with van der Waals surface area (Å²) in [5.41, 5.74) is 0.966. The molecule has 0 aromatic carbocycles. The van der Waals surface area contributed by atoms with Gasteiger partial charge in [0.15, 0.2) is 0 Å². The van der Waals surface area contributed by atoms with Crippen LogP contribution < -0.4 is 0 Å². The average Bonchev–Trinajstić information content (AvgIpc) is 1.88. The SMILES string of the molecule is CC1CCN=C(C=N)C1. The van der Waals surface area contributed by atoms with E-state index in [1.54, 1.807) is 0 Å². The van der Waals surface area contributed by atoms with Gasteiger partial charge in [-0.15, -0.1) is 0 Å². The molecule has 0 amide bonds. The van der Waals surface area contributed by atoms with E-state index in [1.165, 1.54) is 12.6 Å². The highest BCUT2D eigenvalue weighted by molar-refractivity contribution is 6.29. The Kier molecular flexibility index (Phi) is 1.98. The first-order valence-electron chi connectivity index (χ1n) is 3.36. The van der Waals surface area contributed by atoms with Crippen molar-refractivity contribution in [3.8, 4) is 0 Å². The molecule has 0 aromatic heterocycles. The molecule has 1 aliphatic rings. The molecule has 9 heavy (non-hydrogen) atoms. The second-order valence-electron chi connectivity index (χ2n) is 2.62. The molecule has 50 valence electrons. The summed E-state index contributed by atoms with van der Waals surface area (Å²) in [6, 6.07) is 0. The lowest BCUT2D eigenvalue weighted by Crippen LogP contribution is -2.13. The first-order valence-corrected chi connectivity index (χ1v) is 3.36. The first-order chi connectivity index (χ1) is 4.33. The van der Waals surface area contributed by atoms with Crippen LogP contribution in [0.25, 0.3) is 0 Å². The van der Waals surface area contributed by atoms with E-state index < -0.39 is 0 Å². The molecular weight excluding hydrogens is 112 g/mol. The number of nitrogens with zero attached hydrogens (tertiary/aromatic N) is 1. The van der Waals surface area contributed by atoms with Gasteiger partial charge < -0.3 is 5.41 Å². The monoisotopic (exact) mass is 124 g/mol. The number of hydrogen-bond acceptors (Lipinski definition) is 2. The molecular formula is C7H12N2. The summed E-state index contributed by atoms with van der Waals surface area (Å²) in [6.45, 7) is 3.13. The summed E-state index contributed by atoms with van der Waals surface area (Å²) >= 11 is 0. The highest BCUT2D eigenvalue weighted by atomic mass is 14.8. The maximum atomic E-state index is 6.93. The smallest absolute Gasteiger partial charge is 0.0526 e. The van der Waals surface area contributed by atoms with Crippen molar-refractivity contribution in [1.82, 2.24) is 0 Å². The van der Waals surface area contributed by atoms with E-state index >= 15 is 0 Å². The molecule has 0 aliphatic carbocycles. The van der Waals surface area contributed by atoms with Gasteiger partial charge in [0.25, 0.3) is 0 Å². The van der Waals surface area contributed by atoms with Gasteiger partial charge in [0.1, 0.15) is 0 Å². The van der Waals surface area contributed by atoms with Gasteiger partial charge in [0.2, 0.25) is 0 Å². The molecule has 0 aromatic rings. The third-order valence-corrected chi connectivity index (χ3v) is 1.66. The highest BCUT2D eigenvalue weighted by Gasteiger charge is 2.09. The second kappa shape index (κ2) is 2.76. The van der Waals surface area contributed by atoms with Gasteiger partial charge in [-0.2, -0.15) is 0 Å². The molecule has 0 saturated heterocycles. The van der Waals surface area contributed by atoms with Crippen LogP contribution >= 0.6 is 0 Å². The van der Waals surface area contributed by atoms with Crippen LogP contribution in [0.5, 0.6) is 0 Å². The van der Waals surface area contributed by atoms with Crippen LogP contribution in [0.15, 0.2) is 4.99 Å². The molecule has 1 atom stereocenters. The number of rotatable bonds is 1. The van der Waals surface area contributed by atoms with E-state index in [2.05, 4.69) is 11.9 Å². The Bertz CT molecular complexity index is 138. The quantitative estimate of drug-likeness (QED) is 0.514. The van der Waals surface area contributed by atoms with Gasteiger partial charge in [-0.1, -0.05) is 6.92 Å². The minimum atomic E-state index is 0.735. The van der Waals surface area contributed by atoms with Gasteiger partial charge in [-0.25, -0.2) is 0 Å². The molecule has 0 saturated carbocycles. The summed E-state index contributed by atoms with van der Waals surface area (Å²) in [5.74, 6) is 0.735. The second-order valence-corrected chi connectivity index (χ2v) is 2.62. The van der Waals surface area contributed by atoms with E-state index in [0.717, 1.165) is 24.6 Å². The van der Waals surface area contributed by atoms with Crippen molar-refractivity contribution in [2.24, 2.45) is 10.9 Å². The summed E-state index contributed by atoms with van der Waals surface area (Å²) in [7, 11) is 0. The topological polar surface area (TPSA) is 36.2 Å². The van der Waals surface area contributed by atoms with Crippen molar-refractivity contribution in [1.29, 1.82) is 5.41 Å². The van der Waals surface area contributed by atoms with Crippen molar-refractivity contribution in [3.63, 3.8) is 0 Å². The van der Waals surface area contributed by atoms with E-state index in [0.29, 0.717) is 0 Å². The highest BCUT2D eigenvalue weighted by Crippen LogP contribution is 2.12. The van der Waals surface area contributed by atoms with Crippen LogP contribution in [0.3, 0.4) is 0 Å². The van der Waals surface area contributed by atoms with Crippen LogP contribution in [0.1, 0.15) is 19.8 Å². The minimum Gasteiger partial charge on any atom is -0.307 e. The molecule has 0 bridgehead atoms. The summed E-state index contributed by atoms with van der Waals surface area (Å²) < 4.78 is 0. The largest absolute Gasteiger partial charge is 0.307 e. The zero-order chi connectivity index (χ0) is 6.69. The van der Waals surface area contributed by atoms with Crippen LogP contribution in [-0.4, -0.2) is 18.5 Å². The molecule has 0 radical (unpaired) electrons. The zero-order valence-corrected chi connectivity index (χ0v) is 5.72. The van der Waals surface area contributed by atoms with E-state index in [9.17, 15) is 0 Å². The van der Waals surface area contributed by atoms with Gasteiger partial charge in [-0.3, -0.25) is 4.99 Å². The minimum absolute atomic E-state index is 0.735. The predicted molar refractivity (Wildman–Crippen MR) is 39.5 cm³/mol. The average molecular weight is 124 g/mol. The van der Waals surface area contributed by atoms with Crippen molar-refractivity contribution in [3.05, 3.63) is 0 Å². The number of hydrogen-bond donors (Lipinski definition) is 1. The third-order valence-electron chi connectivity index (χ3n) is 1.66. The number of nitrogens with one attached hydrogen (secondary N) is 1. The fraction of sp³-hybridized carbons (Fsp3) is 0.714. The fourth-order valence-electron chi connectivity index (χ4n) is 1.06. The normalized spacial score (nSPS) is 27.2. The van der Waals surface area contributed by atoms with Crippen LogP contribution in [-0.2, 0) is 0 Å². The van der Waals surface area contributed by atoms with Crippen LogP contribution in [0.4, 0.5) is 0 Å². The molecule has 1 unspecified atom stereocenters. The molecule has 1 rings (SSSR count). The van der Waals surface area contributed by atoms with Crippen LogP contribution in [0.2, 0.25) is 0 Å². The van der Waals surface area contributed by atoms with Gasteiger partial charge in [0, 0.05) is 12.8 Å². The van der Waals surface area contributed by atoms with Gasteiger partial charge >= 0.3 is 0 Å². The Morgan fingerprint density at radius 3 is 3.00 bits per heavy atom. The summed E-state index contributed by atoms with van der Waals surface area (Å²) in [4.78, 5) is 4.17. The molecule has 2 nitrogen and oxygen atoms in total. The lowest BCUT2D eigenvalue weighted by atomic mass is 9.98. The Labute approximate surface area is 55.5 Å². The third kappa shape index (κ3) is 1.63. The maximum Gasteiger partial charge on any atom is 0.0526 e. The van der Waals surface area contributed by atoms with Crippen molar-refractivity contribution >= 4 is 11.9 Å². The van der Waals surface area contributed by atoms with E-state index in [-0.39, 0.29) is 0 Å². The first kappa shape index (κ1) is 6.46. The summed E-state index contributed by atoms with van der Waals surface area (Å²) in [6.07, 6.45) is 3.57. The van der Waals surface area contributed by atoms with Crippen molar-refractivity contribution in [2.75, 3.05) is 6.54 Å². The molecule has 1 N–H and O–H groups in total. The Balaban J connectivity index is 2.53. The predicted octanol–water partition coefficient (Wildman–Crippen LogP) is 1.51. The Morgan fingerprint density at radius 2 is 2.56 bits per heavy atom. The molecule has 0 fully saturated rings. The fourth-order valence-corrected chi connectivity index (χ4v) is 1.06. The Morgan fingerprint density at radius 1 is 1.78 bits per heavy atom. The van der Waals surface area contributed by atoms with Crippen LogP contribution in [0, 0.1) is 11.3 Å². The Hall–Kier alpha value is -0.660. The van der Waals surface area contributed by atoms with Crippen molar-refractivity contribution in [2.45, 2.75) is 19.8 Å². The summed E-state index contributed by atoms with van der Waals surface area (Å²) in [5, 5.41) is 6.93. The molecule has 1 heterocycles. The van der Waals surface area contributed by atoms with E-state index in [1.807, 2.05) is 0 Å². The van der Waals surface area contributed by atoms with E-state index in [4.69, 9.17) is 5.41 Å².